The number of nitrogens with one attached hydrogen (secondary N) is 6. The fourth-order valence-electron chi connectivity index (χ4n) is 5.04. The molecule has 2 heterocycles. The lowest BCUT2D eigenvalue weighted by molar-refractivity contribution is -0.144. The number of hydrogen-bond donors (Lipinski definition) is 11. The maximum Gasteiger partial charge on any atom is 0.326 e. The van der Waals surface area contributed by atoms with Gasteiger partial charge in [0.15, 0.2) is 5.82 Å². The Hall–Kier alpha value is -6.41. The number of nitrogens with two attached hydrogens (primary N) is 1. The molecule has 1 aliphatic rings. The van der Waals surface area contributed by atoms with Gasteiger partial charge in [-0.2, -0.15) is 4.98 Å². The van der Waals surface area contributed by atoms with Crippen LogP contribution in [0.3, 0.4) is 0 Å². The zero-order valence-corrected chi connectivity index (χ0v) is 27.3. The lowest BCUT2D eigenvalue weighted by atomic mass is 10.1. The summed E-state index contributed by atoms with van der Waals surface area (Å²) in [6, 6.07) is 1.04. The summed E-state index contributed by atoms with van der Waals surface area (Å²) in [5, 5.41) is 49.6. The fraction of sp³-hybridized carbons (Fsp3) is 0.433. The Bertz CT molecular complexity index is 1700. The topological polar surface area (TPSA) is 336 Å². The molecule has 3 rings (SSSR count). The summed E-state index contributed by atoms with van der Waals surface area (Å²) in [6.45, 7) is 0.815. The molecule has 1 aliphatic heterocycles. The molecule has 0 saturated heterocycles. The summed E-state index contributed by atoms with van der Waals surface area (Å²) in [5.74, 6) is -8.14. The first kappa shape index (κ1) is 39.0. The van der Waals surface area contributed by atoms with E-state index in [0.717, 1.165) is 0 Å². The van der Waals surface area contributed by atoms with Crippen molar-refractivity contribution in [2.75, 3.05) is 41.4 Å². The second kappa shape index (κ2) is 17.8. The molecular weight excluding hydrogens is 678 g/mol. The Morgan fingerprint density at radius 1 is 0.843 bits per heavy atom. The maximum atomic E-state index is 13.3. The summed E-state index contributed by atoms with van der Waals surface area (Å²) in [4.78, 5) is 105. The lowest BCUT2D eigenvalue weighted by Crippen LogP contribution is -2.56. The van der Waals surface area contributed by atoms with Gasteiger partial charge < -0.3 is 57.6 Å². The highest BCUT2D eigenvalue weighted by atomic mass is 16.4. The smallest absolute Gasteiger partial charge is 0.326 e. The number of H-pyrrole nitrogens is 1. The first-order chi connectivity index (χ1) is 24.0. The van der Waals surface area contributed by atoms with Crippen LogP contribution in [0.4, 0.5) is 23.1 Å². The Balaban J connectivity index is 1.67. The van der Waals surface area contributed by atoms with Crippen LogP contribution in [0.15, 0.2) is 29.1 Å². The van der Waals surface area contributed by atoms with Gasteiger partial charge in [0.25, 0.3) is 11.5 Å². The van der Waals surface area contributed by atoms with Gasteiger partial charge in [-0.15, -0.1) is 0 Å². The molecule has 0 aliphatic carbocycles. The van der Waals surface area contributed by atoms with E-state index in [1.54, 1.807) is 24.1 Å². The van der Waals surface area contributed by atoms with Crippen LogP contribution in [0, 0.1) is 0 Å². The number of nitrogens with zero attached hydrogens (tertiary/aromatic N) is 2. The molecule has 4 atom stereocenters. The highest BCUT2D eigenvalue weighted by Crippen LogP contribution is 2.25. The molecule has 12 N–H and O–H groups in total. The second-order valence-electron chi connectivity index (χ2n) is 11.5. The number of carboxylic acids is 4. The maximum absolute atomic E-state index is 13.3. The molecule has 0 spiro atoms. The molecule has 2 aromatic rings. The molecule has 51 heavy (non-hydrogen) atoms. The monoisotopic (exact) mass is 717 g/mol. The number of fused-ring (bicyclic) bond motifs is 1. The number of hydrogen-bond acceptors (Lipinski definition) is 13. The molecular formula is C30H39N9O12. The molecule has 1 aromatic carbocycles. The Morgan fingerprint density at radius 3 is 1.88 bits per heavy atom. The number of rotatable bonds is 19. The SMILES string of the molecule is CN1c2c(nc(N)[nH]c2=O)NC[C@@H]1CNc1ccc(C(=O)N[C@@H](CCC(=O)O)C(=O)N[C@@H](CCC(=O)O)C(=O)N[C@@H](CCC(=O)O)C(=O)O)cc1. The predicted octanol–water partition coefficient (Wildman–Crippen LogP) is -1.56. The van der Waals surface area contributed by atoms with E-state index in [1.165, 1.54) is 12.1 Å². The number of carbonyl (C=O) groups excluding carboxylic acids is 3. The van der Waals surface area contributed by atoms with E-state index >= 15 is 0 Å². The van der Waals surface area contributed by atoms with Gasteiger partial charge in [-0.25, -0.2) is 4.79 Å². The van der Waals surface area contributed by atoms with E-state index in [2.05, 4.69) is 36.6 Å². The zero-order chi connectivity index (χ0) is 37.8. The number of nitrogen functional groups attached to an aromatic ring is 1. The van der Waals surface area contributed by atoms with Gasteiger partial charge >= 0.3 is 23.9 Å². The van der Waals surface area contributed by atoms with E-state index in [-0.39, 0.29) is 17.6 Å². The van der Waals surface area contributed by atoms with Gasteiger partial charge in [-0.1, -0.05) is 0 Å². The molecule has 3 amide bonds. The molecule has 21 heteroatoms. The van der Waals surface area contributed by atoms with Crippen molar-refractivity contribution in [3.05, 3.63) is 40.2 Å². The highest BCUT2D eigenvalue weighted by molar-refractivity contribution is 5.99. The Labute approximate surface area is 289 Å². The van der Waals surface area contributed by atoms with Crippen molar-refractivity contribution < 1.29 is 54.0 Å². The second-order valence-corrected chi connectivity index (χ2v) is 11.5. The van der Waals surface area contributed by atoms with Gasteiger partial charge in [0.1, 0.15) is 23.8 Å². The van der Waals surface area contributed by atoms with Crippen LogP contribution >= 0.6 is 0 Å². The number of aromatic amines is 1. The standard InChI is InChI=1S/C30H39N9O12/c1-39-16(13-33-24-23(39)28(49)38-30(31)37-24)12-32-15-4-2-14(3-5-15)25(46)34-17(6-9-20(40)41)26(47)35-18(7-10-21(42)43)27(48)36-19(29(50)51)8-11-22(44)45/h2-5,16-19,32H,6-13H2,1H3,(H,34,46)(H,35,47)(H,36,48)(H,40,41)(H,42,43)(H,44,45)(H,50,51)(H4,31,33,37,38,49)/t16-,17-,18-,19-/m0/s1. The molecule has 0 fully saturated rings. The van der Waals surface area contributed by atoms with E-state index in [9.17, 15) is 48.6 Å². The summed E-state index contributed by atoms with van der Waals surface area (Å²) in [7, 11) is 1.74. The summed E-state index contributed by atoms with van der Waals surface area (Å²) < 4.78 is 0. The predicted molar refractivity (Wildman–Crippen MR) is 178 cm³/mol. The number of carbonyl (C=O) groups is 7. The summed E-state index contributed by atoms with van der Waals surface area (Å²) in [5.41, 5.74) is 6.22. The van der Waals surface area contributed by atoms with Gasteiger partial charge in [-0.3, -0.25) is 38.5 Å². The summed E-state index contributed by atoms with van der Waals surface area (Å²) >= 11 is 0. The minimum absolute atomic E-state index is 0.0149. The molecule has 0 saturated carbocycles. The van der Waals surface area contributed by atoms with E-state index in [4.69, 9.17) is 15.9 Å². The van der Waals surface area contributed by atoms with Crippen molar-refractivity contribution in [1.29, 1.82) is 0 Å². The van der Waals surface area contributed by atoms with Crippen LogP contribution in [0.25, 0.3) is 0 Å². The van der Waals surface area contributed by atoms with Crippen LogP contribution in [0.2, 0.25) is 0 Å². The number of likely N-dealkylation sites (N-methyl/N-ethyl adjacent to an activating group) is 1. The normalized spacial score (nSPS) is 15.2. The minimum Gasteiger partial charge on any atom is -0.481 e. The molecule has 1 aromatic heterocycles. The largest absolute Gasteiger partial charge is 0.481 e. The first-order valence-corrected chi connectivity index (χ1v) is 15.6. The van der Waals surface area contributed by atoms with Crippen molar-refractivity contribution in [2.24, 2.45) is 0 Å². The molecule has 276 valence electrons. The van der Waals surface area contributed by atoms with Crippen LogP contribution in [0.1, 0.15) is 48.9 Å². The molecule has 0 bridgehead atoms. The van der Waals surface area contributed by atoms with E-state index in [0.29, 0.717) is 30.3 Å². The number of benzene rings is 1. The number of aliphatic carboxylic acids is 4. The summed E-state index contributed by atoms with van der Waals surface area (Å²) in [6.07, 6.45) is -3.25. The van der Waals surface area contributed by atoms with Gasteiger partial charge in [-0.05, 0) is 43.5 Å². The number of carboxylic acid groups (broad SMARTS) is 4. The van der Waals surface area contributed by atoms with Crippen LogP contribution < -0.4 is 42.8 Å². The lowest BCUT2D eigenvalue weighted by Gasteiger charge is -2.35. The number of anilines is 4. The average molecular weight is 718 g/mol. The number of aromatic nitrogens is 2. The minimum atomic E-state index is -1.67. The highest BCUT2D eigenvalue weighted by Gasteiger charge is 2.31. The van der Waals surface area contributed by atoms with Gasteiger partial charge in [0.05, 0.1) is 6.04 Å². The van der Waals surface area contributed by atoms with Crippen molar-refractivity contribution in [3.8, 4) is 0 Å². The average Bonchev–Trinajstić information content (AvgIpc) is 3.05. The molecule has 21 nitrogen and oxygen atoms in total. The zero-order valence-electron chi connectivity index (χ0n) is 27.3. The quantitative estimate of drug-likeness (QED) is 0.0782. The van der Waals surface area contributed by atoms with Crippen molar-refractivity contribution in [2.45, 2.75) is 62.7 Å². The molecule has 0 radical (unpaired) electrons. The van der Waals surface area contributed by atoms with Crippen LogP contribution in [0.5, 0.6) is 0 Å². The Morgan fingerprint density at radius 2 is 1.35 bits per heavy atom. The van der Waals surface area contributed by atoms with Crippen molar-refractivity contribution >= 4 is 64.7 Å². The third-order valence-corrected chi connectivity index (χ3v) is 7.82. The van der Waals surface area contributed by atoms with Crippen LogP contribution in [-0.2, 0) is 28.8 Å². The third kappa shape index (κ3) is 11.6. The van der Waals surface area contributed by atoms with E-state index < -0.39 is 104 Å². The first-order valence-electron chi connectivity index (χ1n) is 15.6. The molecule has 0 unspecified atom stereocenters. The van der Waals surface area contributed by atoms with Crippen molar-refractivity contribution in [3.63, 3.8) is 0 Å². The van der Waals surface area contributed by atoms with Gasteiger partial charge in [0.2, 0.25) is 17.8 Å². The third-order valence-electron chi connectivity index (χ3n) is 7.82. The van der Waals surface area contributed by atoms with Crippen molar-refractivity contribution in [1.82, 2.24) is 25.9 Å². The van der Waals surface area contributed by atoms with Crippen LogP contribution in [-0.4, -0.2) is 116 Å². The van der Waals surface area contributed by atoms with Gasteiger partial charge in [0, 0.05) is 50.7 Å². The Kier molecular flexibility index (Phi) is 13.6. The number of amides is 3. The van der Waals surface area contributed by atoms with E-state index in [1.807, 2.05) is 0 Å². The fourth-order valence-corrected chi connectivity index (χ4v) is 5.04.